The molecule has 0 bridgehead atoms. The summed E-state index contributed by atoms with van der Waals surface area (Å²) in [6, 6.07) is 10.4. The first-order valence-corrected chi connectivity index (χ1v) is 7.25. The van der Waals surface area contributed by atoms with Crippen LogP contribution >= 0.6 is 15.9 Å². The summed E-state index contributed by atoms with van der Waals surface area (Å²) < 4.78 is 21.9. The van der Waals surface area contributed by atoms with Crippen LogP contribution in [0.1, 0.15) is 6.92 Å². The first-order chi connectivity index (χ1) is 10.1. The Kier molecular flexibility index (Phi) is 3.55. The van der Waals surface area contributed by atoms with Crippen LogP contribution in [-0.4, -0.2) is 16.2 Å². The average molecular weight is 350 g/mol. The van der Waals surface area contributed by atoms with Crippen molar-refractivity contribution < 1.29 is 9.13 Å². The summed E-state index contributed by atoms with van der Waals surface area (Å²) in [6.45, 7) is 2.23. The number of aromatic nitrogens is 2. The zero-order valence-corrected chi connectivity index (χ0v) is 12.9. The molecule has 6 heteroatoms. The van der Waals surface area contributed by atoms with Crippen LogP contribution in [0.2, 0.25) is 0 Å². The van der Waals surface area contributed by atoms with E-state index in [1.54, 1.807) is 16.7 Å². The van der Waals surface area contributed by atoms with Crippen LogP contribution in [-0.2, 0) is 0 Å². The van der Waals surface area contributed by atoms with Crippen LogP contribution < -0.4 is 10.5 Å². The maximum atomic E-state index is 14.0. The quantitative estimate of drug-likeness (QED) is 0.779. The highest BCUT2D eigenvalue weighted by Crippen LogP contribution is 2.28. The molecule has 2 aromatic carbocycles. The van der Waals surface area contributed by atoms with Crippen LogP contribution in [0, 0.1) is 5.82 Å². The fourth-order valence-corrected chi connectivity index (χ4v) is 2.59. The van der Waals surface area contributed by atoms with E-state index in [1.165, 1.54) is 6.07 Å². The van der Waals surface area contributed by atoms with Gasteiger partial charge in [-0.1, -0.05) is 15.9 Å². The van der Waals surface area contributed by atoms with E-state index in [2.05, 4.69) is 20.9 Å². The van der Waals surface area contributed by atoms with Gasteiger partial charge in [0.25, 0.3) is 0 Å². The molecule has 0 fully saturated rings. The van der Waals surface area contributed by atoms with Crippen LogP contribution in [0.25, 0.3) is 16.7 Å². The van der Waals surface area contributed by atoms with E-state index < -0.39 is 5.82 Å². The topological polar surface area (TPSA) is 53.1 Å². The molecule has 0 saturated heterocycles. The second-order valence-electron chi connectivity index (χ2n) is 4.49. The fourth-order valence-electron chi connectivity index (χ4n) is 2.24. The Bertz CT molecular complexity index is 816. The molecule has 0 saturated carbocycles. The first-order valence-electron chi connectivity index (χ1n) is 6.46. The van der Waals surface area contributed by atoms with Gasteiger partial charge in [-0.05, 0) is 37.3 Å². The third-order valence-corrected chi connectivity index (χ3v) is 3.61. The second kappa shape index (κ2) is 5.37. The summed E-state index contributed by atoms with van der Waals surface area (Å²) in [5, 5.41) is 0. The molecule has 108 valence electrons. The summed E-state index contributed by atoms with van der Waals surface area (Å²) in [4.78, 5) is 4.29. The first kappa shape index (κ1) is 13.9. The van der Waals surface area contributed by atoms with E-state index in [9.17, 15) is 4.39 Å². The summed E-state index contributed by atoms with van der Waals surface area (Å²) >= 11 is 3.42. The zero-order chi connectivity index (χ0) is 15.0. The minimum absolute atomic E-state index is 0.227. The van der Waals surface area contributed by atoms with Crippen LogP contribution in [0.15, 0.2) is 40.9 Å². The molecule has 0 aliphatic heterocycles. The van der Waals surface area contributed by atoms with E-state index >= 15 is 0 Å². The molecule has 0 aliphatic carbocycles. The van der Waals surface area contributed by atoms with Gasteiger partial charge in [0.05, 0.1) is 23.3 Å². The van der Waals surface area contributed by atoms with E-state index in [0.29, 0.717) is 18.2 Å². The smallest absolute Gasteiger partial charge is 0.205 e. The Balaban J connectivity index is 2.18. The zero-order valence-electron chi connectivity index (χ0n) is 11.3. The molecule has 0 unspecified atom stereocenters. The minimum atomic E-state index is -0.425. The molecule has 3 aromatic rings. The minimum Gasteiger partial charge on any atom is -0.491 e. The number of imidazole rings is 1. The lowest BCUT2D eigenvalue weighted by Gasteiger charge is -2.09. The maximum absolute atomic E-state index is 14.0. The van der Waals surface area contributed by atoms with Crippen molar-refractivity contribution in [3.63, 3.8) is 0 Å². The molecule has 0 radical (unpaired) electrons. The number of nitrogens with two attached hydrogens (primary N) is 1. The molecule has 0 aliphatic rings. The van der Waals surface area contributed by atoms with Crippen LogP contribution in [0.3, 0.4) is 0 Å². The summed E-state index contributed by atoms with van der Waals surface area (Å²) in [6.07, 6.45) is 0. The van der Waals surface area contributed by atoms with E-state index in [1.807, 2.05) is 25.1 Å². The Morgan fingerprint density at radius 2 is 2.10 bits per heavy atom. The third kappa shape index (κ3) is 2.47. The van der Waals surface area contributed by atoms with Gasteiger partial charge in [-0.25, -0.2) is 9.37 Å². The average Bonchev–Trinajstić information content (AvgIpc) is 2.76. The molecule has 0 atom stereocenters. The fraction of sp³-hybridized carbons (Fsp3) is 0.133. The summed E-state index contributed by atoms with van der Waals surface area (Å²) in [5.74, 6) is 0.114. The van der Waals surface area contributed by atoms with Gasteiger partial charge in [0.1, 0.15) is 0 Å². The van der Waals surface area contributed by atoms with Gasteiger partial charge in [-0.15, -0.1) is 0 Å². The number of nitrogens with zero attached hydrogens (tertiary/aromatic N) is 2. The molecule has 1 heterocycles. The van der Waals surface area contributed by atoms with Crippen molar-refractivity contribution in [3.05, 3.63) is 46.7 Å². The van der Waals surface area contributed by atoms with Crippen molar-refractivity contribution in [3.8, 4) is 11.4 Å². The number of nitrogen functional groups attached to an aromatic ring is 1. The van der Waals surface area contributed by atoms with Crippen molar-refractivity contribution in [2.75, 3.05) is 12.3 Å². The molecule has 4 nitrogen and oxygen atoms in total. The number of ether oxygens (including phenoxy) is 1. The van der Waals surface area contributed by atoms with Gasteiger partial charge < -0.3 is 10.5 Å². The Morgan fingerprint density at radius 3 is 2.81 bits per heavy atom. The molecule has 0 spiro atoms. The van der Waals surface area contributed by atoms with E-state index in [-0.39, 0.29) is 5.75 Å². The molecule has 2 N–H and O–H groups in total. The van der Waals surface area contributed by atoms with Crippen molar-refractivity contribution in [2.45, 2.75) is 6.92 Å². The number of fused-ring (bicyclic) bond motifs is 1. The van der Waals surface area contributed by atoms with Crippen LogP contribution in [0.5, 0.6) is 5.75 Å². The summed E-state index contributed by atoms with van der Waals surface area (Å²) in [7, 11) is 0. The number of halogens is 2. The molecule has 0 amide bonds. The molecule has 21 heavy (non-hydrogen) atoms. The van der Waals surface area contributed by atoms with Gasteiger partial charge in [0, 0.05) is 10.5 Å². The number of hydrogen-bond donors (Lipinski definition) is 1. The summed E-state index contributed by atoms with van der Waals surface area (Å²) in [5.41, 5.74) is 8.14. The van der Waals surface area contributed by atoms with Gasteiger partial charge in [0.15, 0.2) is 11.6 Å². The third-order valence-electron chi connectivity index (χ3n) is 3.12. The molecular formula is C15H13BrFN3O. The lowest BCUT2D eigenvalue weighted by Crippen LogP contribution is -2.02. The maximum Gasteiger partial charge on any atom is 0.205 e. The Morgan fingerprint density at radius 1 is 1.29 bits per heavy atom. The number of rotatable bonds is 3. The Hall–Kier alpha value is -2.08. The highest BCUT2D eigenvalue weighted by atomic mass is 79.9. The van der Waals surface area contributed by atoms with Crippen molar-refractivity contribution in [2.24, 2.45) is 0 Å². The monoisotopic (exact) mass is 349 g/mol. The predicted molar refractivity (Wildman–Crippen MR) is 84.3 cm³/mol. The van der Waals surface area contributed by atoms with Gasteiger partial charge >= 0.3 is 0 Å². The van der Waals surface area contributed by atoms with Crippen molar-refractivity contribution >= 4 is 32.9 Å². The van der Waals surface area contributed by atoms with E-state index in [0.717, 1.165) is 15.5 Å². The van der Waals surface area contributed by atoms with Crippen molar-refractivity contribution in [1.29, 1.82) is 0 Å². The number of benzene rings is 2. The highest BCUT2D eigenvalue weighted by molar-refractivity contribution is 9.10. The molecule has 1 aromatic heterocycles. The van der Waals surface area contributed by atoms with Gasteiger partial charge in [-0.2, -0.15) is 0 Å². The molecular weight excluding hydrogens is 337 g/mol. The Labute approximate surface area is 129 Å². The number of anilines is 1. The number of hydrogen-bond acceptors (Lipinski definition) is 3. The predicted octanol–water partition coefficient (Wildman–Crippen LogP) is 3.91. The largest absolute Gasteiger partial charge is 0.491 e. The van der Waals surface area contributed by atoms with Crippen LogP contribution in [0.4, 0.5) is 10.3 Å². The standard InChI is InChI=1S/C15H13BrFN3O/c1-2-21-14-6-4-10(8-11(14)17)20-13-7-9(16)3-5-12(13)19-15(20)18/h3-8H,2H2,1H3,(H2,18,19). The molecule has 3 rings (SSSR count). The van der Waals surface area contributed by atoms with Gasteiger partial charge in [0.2, 0.25) is 5.95 Å². The SMILES string of the molecule is CCOc1ccc(-n2c(N)nc3ccc(Br)cc32)cc1F. The lowest BCUT2D eigenvalue weighted by molar-refractivity contribution is 0.321. The highest BCUT2D eigenvalue weighted by Gasteiger charge is 2.12. The normalized spacial score (nSPS) is 11.0. The van der Waals surface area contributed by atoms with Gasteiger partial charge in [-0.3, -0.25) is 4.57 Å². The van der Waals surface area contributed by atoms with Crippen molar-refractivity contribution in [1.82, 2.24) is 9.55 Å². The lowest BCUT2D eigenvalue weighted by atomic mass is 10.2. The second-order valence-corrected chi connectivity index (χ2v) is 5.40. The van der Waals surface area contributed by atoms with E-state index in [4.69, 9.17) is 10.5 Å².